The predicted octanol–water partition coefficient (Wildman–Crippen LogP) is 2.22. The van der Waals surface area contributed by atoms with Crippen molar-refractivity contribution in [2.45, 2.75) is 13.0 Å². The fourth-order valence-corrected chi connectivity index (χ4v) is 2.92. The lowest BCUT2D eigenvalue weighted by Gasteiger charge is -2.34. The second-order valence-corrected chi connectivity index (χ2v) is 6.01. The highest BCUT2D eigenvalue weighted by Crippen LogP contribution is 2.26. The van der Waals surface area contributed by atoms with Crippen LogP contribution in [-0.2, 0) is 0 Å². The molecule has 22 heavy (non-hydrogen) atoms. The van der Waals surface area contributed by atoms with Gasteiger partial charge in [-0.1, -0.05) is 30.3 Å². The fourth-order valence-electron chi connectivity index (χ4n) is 2.92. The van der Waals surface area contributed by atoms with Gasteiger partial charge in [0.2, 0.25) is 0 Å². The number of anilines is 1. The number of likely N-dealkylation sites (N-methyl/N-ethyl adjacent to an activating group) is 1. The maximum absolute atomic E-state index is 10.5. The van der Waals surface area contributed by atoms with E-state index in [4.69, 9.17) is 0 Å². The standard InChI is InChI=1S/C18H23N3O/c1-14-12-16(17(22)15-6-4-3-5-7-15)13-19-18(14)21-10-8-20(2)9-11-21/h3-7,12-13,17,22H,8-11H2,1-2H3. The average molecular weight is 297 g/mol. The van der Waals surface area contributed by atoms with Gasteiger partial charge in [0.25, 0.3) is 0 Å². The lowest BCUT2D eigenvalue weighted by Crippen LogP contribution is -2.45. The molecule has 0 saturated carbocycles. The van der Waals surface area contributed by atoms with Gasteiger partial charge in [-0.25, -0.2) is 4.98 Å². The van der Waals surface area contributed by atoms with Gasteiger partial charge in [-0.2, -0.15) is 0 Å². The Bertz CT molecular complexity index is 621. The Kier molecular flexibility index (Phi) is 4.41. The molecule has 2 aromatic rings. The van der Waals surface area contributed by atoms with Crippen LogP contribution in [0.2, 0.25) is 0 Å². The van der Waals surface area contributed by atoms with Crippen molar-refractivity contribution in [3.05, 3.63) is 59.3 Å². The van der Waals surface area contributed by atoms with E-state index in [1.54, 1.807) is 6.20 Å². The van der Waals surface area contributed by atoms with E-state index in [2.05, 4.69) is 34.8 Å². The van der Waals surface area contributed by atoms with Crippen molar-refractivity contribution in [3.63, 3.8) is 0 Å². The molecule has 0 radical (unpaired) electrons. The molecule has 2 heterocycles. The largest absolute Gasteiger partial charge is 0.384 e. The number of aromatic nitrogens is 1. The molecule has 0 bridgehead atoms. The van der Waals surface area contributed by atoms with Gasteiger partial charge in [-0.3, -0.25) is 0 Å². The van der Waals surface area contributed by atoms with Crippen molar-refractivity contribution in [1.29, 1.82) is 0 Å². The van der Waals surface area contributed by atoms with Gasteiger partial charge >= 0.3 is 0 Å². The number of hydrogen-bond acceptors (Lipinski definition) is 4. The Hall–Kier alpha value is -1.91. The van der Waals surface area contributed by atoms with Gasteiger partial charge in [0.15, 0.2) is 0 Å². The first-order valence-electron chi connectivity index (χ1n) is 7.78. The van der Waals surface area contributed by atoms with Gasteiger partial charge in [0, 0.05) is 37.9 Å². The molecule has 0 aliphatic carbocycles. The Labute approximate surface area is 132 Å². The fraction of sp³-hybridized carbons (Fsp3) is 0.389. The number of benzene rings is 1. The smallest absolute Gasteiger partial charge is 0.131 e. The lowest BCUT2D eigenvalue weighted by atomic mass is 10.0. The molecular weight excluding hydrogens is 274 g/mol. The summed E-state index contributed by atoms with van der Waals surface area (Å²) in [5.74, 6) is 1.04. The highest BCUT2D eigenvalue weighted by Gasteiger charge is 2.18. The summed E-state index contributed by atoms with van der Waals surface area (Å²) in [6.45, 7) is 6.21. The summed E-state index contributed by atoms with van der Waals surface area (Å²) in [4.78, 5) is 9.28. The molecule has 1 saturated heterocycles. The van der Waals surface area contributed by atoms with Crippen LogP contribution in [0.25, 0.3) is 0 Å². The highest BCUT2D eigenvalue weighted by atomic mass is 16.3. The van der Waals surface area contributed by atoms with Crippen molar-refractivity contribution in [2.24, 2.45) is 0 Å². The van der Waals surface area contributed by atoms with Gasteiger partial charge in [-0.05, 0) is 31.2 Å². The summed E-state index contributed by atoms with van der Waals surface area (Å²) in [7, 11) is 2.15. The van der Waals surface area contributed by atoms with Crippen molar-refractivity contribution in [1.82, 2.24) is 9.88 Å². The van der Waals surface area contributed by atoms with E-state index < -0.39 is 6.10 Å². The van der Waals surface area contributed by atoms with E-state index in [1.165, 1.54) is 0 Å². The number of nitrogens with zero attached hydrogens (tertiary/aromatic N) is 3. The first-order valence-corrected chi connectivity index (χ1v) is 7.78. The number of hydrogen-bond donors (Lipinski definition) is 1. The molecule has 1 N–H and O–H groups in total. The maximum Gasteiger partial charge on any atom is 0.131 e. The Morgan fingerprint density at radius 3 is 2.36 bits per heavy atom. The molecule has 1 unspecified atom stereocenters. The van der Waals surface area contributed by atoms with E-state index in [-0.39, 0.29) is 0 Å². The monoisotopic (exact) mass is 297 g/mol. The third kappa shape index (κ3) is 3.13. The predicted molar refractivity (Wildman–Crippen MR) is 89.2 cm³/mol. The summed E-state index contributed by atoms with van der Waals surface area (Å²) in [6.07, 6.45) is 1.19. The van der Waals surface area contributed by atoms with Crippen molar-refractivity contribution in [2.75, 3.05) is 38.1 Å². The normalized spacial score (nSPS) is 17.5. The molecular formula is C18H23N3O. The van der Waals surface area contributed by atoms with E-state index in [9.17, 15) is 5.11 Å². The number of aliphatic hydroxyl groups excluding tert-OH is 1. The topological polar surface area (TPSA) is 39.6 Å². The van der Waals surface area contributed by atoms with Crippen LogP contribution < -0.4 is 4.90 Å². The molecule has 0 amide bonds. The minimum Gasteiger partial charge on any atom is -0.384 e. The first kappa shape index (κ1) is 15.0. The van der Waals surface area contributed by atoms with Crippen LogP contribution in [-0.4, -0.2) is 48.2 Å². The Balaban J connectivity index is 1.80. The molecule has 1 aromatic heterocycles. The van der Waals surface area contributed by atoms with Gasteiger partial charge < -0.3 is 14.9 Å². The second-order valence-electron chi connectivity index (χ2n) is 6.01. The molecule has 4 nitrogen and oxygen atoms in total. The molecule has 1 fully saturated rings. The molecule has 4 heteroatoms. The van der Waals surface area contributed by atoms with Gasteiger partial charge in [0.05, 0.1) is 0 Å². The third-order valence-electron chi connectivity index (χ3n) is 4.31. The minimum absolute atomic E-state index is 0.617. The molecule has 0 spiro atoms. The number of pyridine rings is 1. The van der Waals surface area contributed by atoms with Crippen LogP contribution in [0, 0.1) is 6.92 Å². The summed E-state index contributed by atoms with van der Waals surface area (Å²) < 4.78 is 0. The zero-order chi connectivity index (χ0) is 15.5. The van der Waals surface area contributed by atoms with Crippen molar-refractivity contribution < 1.29 is 5.11 Å². The van der Waals surface area contributed by atoms with E-state index in [1.807, 2.05) is 30.3 Å². The quantitative estimate of drug-likeness (QED) is 0.943. The number of piperazine rings is 1. The summed E-state index contributed by atoms with van der Waals surface area (Å²) in [5, 5.41) is 10.5. The SMILES string of the molecule is Cc1cc(C(O)c2ccccc2)cnc1N1CCN(C)CC1. The molecule has 1 aliphatic rings. The minimum atomic E-state index is -0.617. The average Bonchev–Trinajstić information content (AvgIpc) is 2.56. The van der Waals surface area contributed by atoms with Crippen LogP contribution in [0.1, 0.15) is 22.8 Å². The number of aryl methyl sites for hydroxylation is 1. The summed E-state index contributed by atoms with van der Waals surface area (Å²) >= 11 is 0. The molecule has 3 rings (SSSR count). The van der Waals surface area contributed by atoms with E-state index in [0.717, 1.165) is 48.7 Å². The summed E-state index contributed by atoms with van der Waals surface area (Å²) in [6, 6.07) is 11.8. The van der Waals surface area contributed by atoms with Crippen LogP contribution in [0.5, 0.6) is 0 Å². The molecule has 1 atom stereocenters. The Morgan fingerprint density at radius 2 is 1.73 bits per heavy atom. The second kappa shape index (κ2) is 6.46. The van der Waals surface area contributed by atoms with Crippen LogP contribution in [0.4, 0.5) is 5.82 Å². The maximum atomic E-state index is 10.5. The molecule has 116 valence electrons. The number of aliphatic hydroxyl groups is 1. The third-order valence-corrected chi connectivity index (χ3v) is 4.31. The lowest BCUT2D eigenvalue weighted by molar-refractivity contribution is 0.220. The van der Waals surface area contributed by atoms with Crippen molar-refractivity contribution >= 4 is 5.82 Å². The van der Waals surface area contributed by atoms with Crippen LogP contribution in [0.15, 0.2) is 42.6 Å². The first-order chi connectivity index (χ1) is 10.6. The van der Waals surface area contributed by atoms with E-state index in [0.29, 0.717) is 0 Å². The van der Waals surface area contributed by atoms with Crippen molar-refractivity contribution in [3.8, 4) is 0 Å². The van der Waals surface area contributed by atoms with Gasteiger partial charge in [-0.15, -0.1) is 0 Å². The molecule has 1 aliphatic heterocycles. The zero-order valence-corrected chi connectivity index (χ0v) is 13.2. The van der Waals surface area contributed by atoms with E-state index >= 15 is 0 Å². The van der Waals surface area contributed by atoms with Gasteiger partial charge in [0.1, 0.15) is 11.9 Å². The van der Waals surface area contributed by atoms with Crippen LogP contribution >= 0.6 is 0 Å². The molecule has 1 aromatic carbocycles. The zero-order valence-electron chi connectivity index (χ0n) is 13.2. The summed E-state index contributed by atoms with van der Waals surface area (Å²) in [5.41, 5.74) is 2.87. The van der Waals surface area contributed by atoms with Crippen LogP contribution in [0.3, 0.4) is 0 Å². The highest BCUT2D eigenvalue weighted by molar-refractivity contribution is 5.48. The Morgan fingerprint density at radius 1 is 1.05 bits per heavy atom. The number of rotatable bonds is 3.